The van der Waals surface area contributed by atoms with Crippen molar-refractivity contribution < 1.29 is 4.79 Å². The van der Waals surface area contributed by atoms with E-state index in [1.165, 1.54) is 0 Å². The van der Waals surface area contributed by atoms with E-state index < -0.39 is 0 Å². The Hall–Kier alpha value is -0.810. The van der Waals surface area contributed by atoms with Crippen LogP contribution in [0.15, 0.2) is 0 Å². The van der Waals surface area contributed by atoms with E-state index in [2.05, 4.69) is 11.8 Å². The number of ketones is 1. The number of hydrogen-bond donors (Lipinski definition) is 1. The molecule has 0 unspecified atom stereocenters. The lowest BCUT2D eigenvalue weighted by Crippen LogP contribution is -2.11. The monoisotopic (exact) mass is 111 g/mol. The molecule has 0 bridgehead atoms. The third-order valence-corrected chi connectivity index (χ3v) is 0.690. The first kappa shape index (κ1) is 7.19. The first-order valence-electron chi connectivity index (χ1n) is 2.42. The van der Waals surface area contributed by atoms with Gasteiger partial charge in [-0.15, -0.1) is 5.92 Å². The van der Waals surface area contributed by atoms with Gasteiger partial charge in [0.1, 0.15) is 0 Å². The van der Waals surface area contributed by atoms with Crippen molar-refractivity contribution in [3.63, 3.8) is 0 Å². The molecule has 0 spiro atoms. The SMILES string of the molecule is CC#CCC(=O)CN. The van der Waals surface area contributed by atoms with Crippen LogP contribution in [0.3, 0.4) is 0 Å². The fourth-order valence-electron chi connectivity index (χ4n) is 0.259. The zero-order chi connectivity index (χ0) is 6.41. The van der Waals surface area contributed by atoms with Crippen molar-refractivity contribution in [3.05, 3.63) is 0 Å². The van der Waals surface area contributed by atoms with E-state index in [1.807, 2.05) is 0 Å². The summed E-state index contributed by atoms with van der Waals surface area (Å²) in [6.07, 6.45) is 0.299. The summed E-state index contributed by atoms with van der Waals surface area (Å²) in [5.41, 5.74) is 5.00. The summed E-state index contributed by atoms with van der Waals surface area (Å²) in [6, 6.07) is 0. The maximum Gasteiger partial charge on any atom is 0.158 e. The molecular weight excluding hydrogens is 102 g/mol. The van der Waals surface area contributed by atoms with Crippen LogP contribution >= 0.6 is 0 Å². The summed E-state index contributed by atoms with van der Waals surface area (Å²) in [7, 11) is 0. The largest absolute Gasteiger partial charge is 0.324 e. The normalized spacial score (nSPS) is 7.25. The van der Waals surface area contributed by atoms with E-state index in [4.69, 9.17) is 5.73 Å². The quantitative estimate of drug-likeness (QED) is 0.507. The second-order valence-corrected chi connectivity index (χ2v) is 1.35. The average Bonchev–Trinajstić information content (AvgIpc) is 1.83. The molecular formula is C6H9NO. The summed E-state index contributed by atoms with van der Waals surface area (Å²) < 4.78 is 0. The van der Waals surface area contributed by atoms with Gasteiger partial charge in [0.15, 0.2) is 5.78 Å². The smallest absolute Gasteiger partial charge is 0.158 e. The lowest BCUT2D eigenvalue weighted by molar-refractivity contribution is -0.116. The molecule has 2 nitrogen and oxygen atoms in total. The summed E-state index contributed by atoms with van der Waals surface area (Å²) in [4.78, 5) is 10.3. The van der Waals surface area contributed by atoms with Crippen molar-refractivity contribution in [3.8, 4) is 11.8 Å². The molecule has 0 aliphatic carbocycles. The molecule has 0 rings (SSSR count). The predicted octanol–water partition coefficient (Wildman–Crippen LogP) is -0.0724. The maximum atomic E-state index is 10.3. The Kier molecular flexibility index (Phi) is 3.91. The molecule has 0 aromatic carbocycles. The van der Waals surface area contributed by atoms with Crippen molar-refractivity contribution in [2.45, 2.75) is 13.3 Å². The van der Waals surface area contributed by atoms with Gasteiger partial charge in [-0.2, -0.15) is 0 Å². The highest BCUT2D eigenvalue weighted by molar-refractivity contribution is 5.82. The van der Waals surface area contributed by atoms with Gasteiger partial charge in [-0.1, -0.05) is 5.92 Å². The molecule has 8 heavy (non-hydrogen) atoms. The van der Waals surface area contributed by atoms with E-state index in [9.17, 15) is 4.79 Å². The Bertz CT molecular complexity index is 129. The molecule has 0 aliphatic rings. The molecule has 0 atom stereocenters. The van der Waals surface area contributed by atoms with Crippen LogP contribution in [0.5, 0.6) is 0 Å². The van der Waals surface area contributed by atoms with Crippen molar-refractivity contribution >= 4 is 5.78 Å². The van der Waals surface area contributed by atoms with Gasteiger partial charge >= 0.3 is 0 Å². The summed E-state index contributed by atoms with van der Waals surface area (Å²) >= 11 is 0. The zero-order valence-electron chi connectivity index (χ0n) is 4.90. The molecule has 0 heterocycles. The lowest BCUT2D eigenvalue weighted by atomic mass is 10.3. The molecule has 2 heteroatoms. The van der Waals surface area contributed by atoms with Gasteiger partial charge < -0.3 is 5.73 Å². The number of nitrogens with two attached hydrogens (primary N) is 1. The van der Waals surface area contributed by atoms with Crippen LogP contribution in [-0.2, 0) is 4.79 Å². The van der Waals surface area contributed by atoms with Crippen LogP contribution in [0.4, 0.5) is 0 Å². The molecule has 0 aromatic heterocycles. The molecule has 44 valence electrons. The van der Waals surface area contributed by atoms with Crippen molar-refractivity contribution in [1.29, 1.82) is 0 Å². The lowest BCUT2D eigenvalue weighted by Gasteiger charge is -1.82. The second kappa shape index (κ2) is 4.35. The molecule has 0 aromatic rings. The Morgan fingerprint density at radius 3 is 2.75 bits per heavy atom. The number of Topliss-reactive ketones (excluding diaryl/α,β-unsaturated/α-hetero) is 1. The van der Waals surface area contributed by atoms with Crippen LogP contribution in [-0.4, -0.2) is 12.3 Å². The first-order chi connectivity index (χ1) is 3.81. The number of carbonyl (C=O) groups excluding carboxylic acids is 1. The molecule has 2 N–H and O–H groups in total. The van der Waals surface area contributed by atoms with Gasteiger partial charge in [0.25, 0.3) is 0 Å². The number of rotatable bonds is 2. The predicted molar refractivity (Wildman–Crippen MR) is 32.1 cm³/mol. The maximum absolute atomic E-state index is 10.3. The van der Waals surface area contributed by atoms with Gasteiger partial charge in [0.05, 0.1) is 13.0 Å². The molecule has 0 amide bonds. The minimum absolute atomic E-state index is 0.000602. The summed E-state index contributed by atoms with van der Waals surface area (Å²) in [6.45, 7) is 1.80. The number of hydrogen-bond acceptors (Lipinski definition) is 2. The van der Waals surface area contributed by atoms with Crippen LogP contribution in [0.25, 0.3) is 0 Å². The Labute approximate surface area is 49.1 Å². The molecule has 0 fully saturated rings. The van der Waals surface area contributed by atoms with E-state index in [-0.39, 0.29) is 12.3 Å². The van der Waals surface area contributed by atoms with Crippen LogP contribution < -0.4 is 5.73 Å². The highest BCUT2D eigenvalue weighted by atomic mass is 16.1. The van der Waals surface area contributed by atoms with Gasteiger partial charge in [-0.3, -0.25) is 4.79 Å². The van der Waals surface area contributed by atoms with Crippen LogP contribution in [0, 0.1) is 11.8 Å². The zero-order valence-corrected chi connectivity index (χ0v) is 4.90. The minimum atomic E-state index is -0.000602. The van der Waals surface area contributed by atoms with E-state index in [0.29, 0.717) is 6.42 Å². The van der Waals surface area contributed by atoms with Crippen molar-refractivity contribution in [2.24, 2.45) is 5.73 Å². The highest BCUT2D eigenvalue weighted by Crippen LogP contribution is 1.74. The topological polar surface area (TPSA) is 43.1 Å². The molecule has 0 saturated heterocycles. The van der Waals surface area contributed by atoms with Gasteiger partial charge in [0, 0.05) is 0 Å². The first-order valence-corrected chi connectivity index (χ1v) is 2.42. The summed E-state index contributed by atoms with van der Waals surface area (Å²) in [5, 5.41) is 0. The fourth-order valence-corrected chi connectivity index (χ4v) is 0.259. The molecule has 0 saturated carbocycles. The van der Waals surface area contributed by atoms with Crippen LogP contribution in [0.2, 0.25) is 0 Å². The van der Waals surface area contributed by atoms with E-state index in [1.54, 1.807) is 6.92 Å². The van der Waals surface area contributed by atoms with Gasteiger partial charge in [0.2, 0.25) is 0 Å². The van der Waals surface area contributed by atoms with Crippen molar-refractivity contribution in [1.82, 2.24) is 0 Å². The third kappa shape index (κ3) is 3.38. The number of carbonyl (C=O) groups is 1. The Morgan fingerprint density at radius 2 is 2.38 bits per heavy atom. The van der Waals surface area contributed by atoms with Crippen LogP contribution in [0.1, 0.15) is 13.3 Å². The van der Waals surface area contributed by atoms with E-state index in [0.717, 1.165) is 0 Å². The third-order valence-electron chi connectivity index (χ3n) is 0.690. The second-order valence-electron chi connectivity index (χ2n) is 1.35. The van der Waals surface area contributed by atoms with Crippen molar-refractivity contribution in [2.75, 3.05) is 6.54 Å². The minimum Gasteiger partial charge on any atom is -0.324 e. The Balaban J connectivity index is 3.35. The summed E-state index contributed by atoms with van der Waals surface area (Å²) in [5.74, 6) is 5.23. The Morgan fingerprint density at radius 1 is 1.75 bits per heavy atom. The van der Waals surface area contributed by atoms with Gasteiger partial charge in [-0.25, -0.2) is 0 Å². The highest BCUT2D eigenvalue weighted by Gasteiger charge is 1.90. The fraction of sp³-hybridized carbons (Fsp3) is 0.500. The standard InChI is InChI=1S/C6H9NO/c1-2-3-4-6(8)5-7/h4-5,7H2,1H3. The molecule has 0 aliphatic heterocycles. The van der Waals surface area contributed by atoms with Gasteiger partial charge in [-0.05, 0) is 6.92 Å². The van der Waals surface area contributed by atoms with E-state index >= 15 is 0 Å². The molecule has 0 radical (unpaired) electrons. The average molecular weight is 111 g/mol.